The Hall–Kier alpha value is -1.62. The fourth-order valence-electron chi connectivity index (χ4n) is 2.17. The van der Waals surface area contributed by atoms with E-state index in [1.54, 1.807) is 0 Å². The van der Waals surface area contributed by atoms with Crippen LogP contribution in [0.25, 0.3) is 0 Å². The first-order valence-electron chi connectivity index (χ1n) is 7.03. The molecule has 0 bridgehead atoms. The first kappa shape index (κ1) is 15.8. The third-order valence-corrected chi connectivity index (χ3v) is 4.22. The van der Waals surface area contributed by atoms with Crippen molar-refractivity contribution >= 4 is 21.9 Å². The highest BCUT2D eigenvalue weighted by molar-refractivity contribution is 9.10. The maximum Gasteiger partial charge on any atom is 0.311 e. The summed E-state index contributed by atoms with van der Waals surface area (Å²) in [5.74, 6) is -1.39. The van der Waals surface area contributed by atoms with E-state index in [1.165, 1.54) is 0 Å². The van der Waals surface area contributed by atoms with Gasteiger partial charge in [-0.05, 0) is 37.1 Å². The zero-order chi connectivity index (χ0) is 15.4. The largest absolute Gasteiger partial charge is 0.481 e. The van der Waals surface area contributed by atoms with Gasteiger partial charge < -0.3 is 5.11 Å². The summed E-state index contributed by atoms with van der Waals surface area (Å²) in [6, 6.07) is 9.64. The average molecular weight is 351 g/mol. The number of benzene rings is 1. The second kappa shape index (κ2) is 6.89. The molecule has 0 fully saturated rings. The summed E-state index contributed by atoms with van der Waals surface area (Å²) in [6.45, 7) is 4.20. The summed E-state index contributed by atoms with van der Waals surface area (Å²) < 4.78 is 2.84. The first-order valence-corrected chi connectivity index (χ1v) is 7.82. The molecule has 21 heavy (non-hydrogen) atoms. The number of carboxylic acid groups (broad SMARTS) is 1. The van der Waals surface area contributed by atoms with Crippen LogP contribution in [0.15, 0.2) is 41.0 Å². The lowest BCUT2D eigenvalue weighted by atomic mass is 9.94. The first-order chi connectivity index (χ1) is 10.0. The molecule has 0 radical (unpaired) electrons. The number of carbonyl (C=O) groups is 1. The highest BCUT2D eigenvalue weighted by atomic mass is 79.9. The van der Waals surface area contributed by atoms with Gasteiger partial charge in [0.15, 0.2) is 0 Å². The van der Waals surface area contributed by atoms with Gasteiger partial charge in [0.05, 0.1) is 11.6 Å². The molecule has 0 saturated carbocycles. The molecule has 4 nitrogen and oxygen atoms in total. The van der Waals surface area contributed by atoms with Crippen molar-refractivity contribution in [2.75, 3.05) is 0 Å². The summed E-state index contributed by atoms with van der Waals surface area (Å²) in [6.07, 6.45) is 3.32. The fraction of sp³-hybridized carbons (Fsp3) is 0.375. The quantitative estimate of drug-likeness (QED) is 0.855. The third-order valence-electron chi connectivity index (χ3n) is 3.69. The summed E-state index contributed by atoms with van der Waals surface area (Å²) in [4.78, 5) is 11.5. The van der Waals surface area contributed by atoms with E-state index in [1.807, 2.05) is 41.2 Å². The minimum atomic E-state index is -0.824. The Balaban J connectivity index is 2.18. The van der Waals surface area contributed by atoms with Crippen LogP contribution >= 0.6 is 15.9 Å². The lowest BCUT2D eigenvalue weighted by Crippen LogP contribution is -2.15. The highest BCUT2D eigenvalue weighted by Crippen LogP contribution is 2.23. The number of hydrogen-bond donors (Lipinski definition) is 1. The van der Waals surface area contributed by atoms with Gasteiger partial charge >= 0.3 is 5.97 Å². The van der Waals surface area contributed by atoms with Crippen molar-refractivity contribution in [2.45, 2.75) is 38.6 Å². The molecule has 1 aromatic carbocycles. The van der Waals surface area contributed by atoms with E-state index in [4.69, 9.17) is 0 Å². The number of aromatic nitrogens is 2. The van der Waals surface area contributed by atoms with Gasteiger partial charge in [0.2, 0.25) is 0 Å². The molecule has 0 saturated heterocycles. The van der Waals surface area contributed by atoms with Gasteiger partial charge in [-0.3, -0.25) is 9.48 Å². The molecule has 5 heteroatoms. The Morgan fingerprint density at radius 3 is 2.57 bits per heavy atom. The van der Waals surface area contributed by atoms with Gasteiger partial charge in [-0.1, -0.05) is 35.0 Å². The molecule has 1 heterocycles. The van der Waals surface area contributed by atoms with E-state index in [0.29, 0.717) is 12.5 Å². The Morgan fingerprint density at radius 2 is 2.00 bits per heavy atom. The van der Waals surface area contributed by atoms with E-state index in [0.717, 1.165) is 22.2 Å². The van der Waals surface area contributed by atoms with Crippen molar-refractivity contribution in [3.8, 4) is 0 Å². The number of halogens is 1. The van der Waals surface area contributed by atoms with E-state index in [2.05, 4.69) is 34.9 Å². The number of aliphatic carboxylic acids is 1. The predicted molar refractivity (Wildman–Crippen MR) is 85.5 cm³/mol. The van der Waals surface area contributed by atoms with Gasteiger partial charge in [0.1, 0.15) is 0 Å². The topological polar surface area (TPSA) is 55.1 Å². The van der Waals surface area contributed by atoms with Gasteiger partial charge in [-0.2, -0.15) is 5.10 Å². The Kier molecular flexibility index (Phi) is 5.17. The molecule has 2 rings (SSSR count). The van der Waals surface area contributed by atoms with Gasteiger partial charge in [-0.25, -0.2) is 0 Å². The molecule has 0 amide bonds. The summed E-state index contributed by atoms with van der Waals surface area (Å²) in [7, 11) is 0. The Morgan fingerprint density at radius 1 is 1.33 bits per heavy atom. The van der Waals surface area contributed by atoms with Crippen LogP contribution in [-0.2, 0) is 11.2 Å². The van der Waals surface area contributed by atoms with Crippen LogP contribution < -0.4 is 0 Å². The minimum Gasteiger partial charge on any atom is -0.481 e. The molecule has 2 unspecified atom stereocenters. The van der Waals surface area contributed by atoms with Crippen molar-refractivity contribution in [1.29, 1.82) is 0 Å². The SMILES string of the molecule is CCC(C)n1ccc(CC(C(=O)O)c2ccc(Br)cc2)n1. The van der Waals surface area contributed by atoms with Crippen LogP contribution in [0.4, 0.5) is 0 Å². The van der Waals surface area contributed by atoms with Crippen LogP contribution in [0.5, 0.6) is 0 Å². The standard InChI is InChI=1S/C16H19BrN2O2/c1-3-11(2)19-9-8-14(18-19)10-15(16(20)21)12-4-6-13(17)7-5-12/h4-9,11,15H,3,10H2,1-2H3,(H,20,21). The molecule has 0 aliphatic heterocycles. The lowest BCUT2D eigenvalue weighted by molar-refractivity contribution is -0.138. The maximum atomic E-state index is 11.5. The molecule has 2 aromatic rings. The number of hydrogen-bond acceptors (Lipinski definition) is 2. The van der Waals surface area contributed by atoms with Gasteiger partial charge in [0, 0.05) is 23.1 Å². The van der Waals surface area contributed by atoms with Crippen molar-refractivity contribution in [3.05, 3.63) is 52.3 Å². The molecular formula is C16H19BrN2O2. The molecular weight excluding hydrogens is 332 g/mol. The van der Waals surface area contributed by atoms with Crippen LogP contribution in [0.1, 0.15) is 43.5 Å². The molecule has 0 aliphatic carbocycles. The smallest absolute Gasteiger partial charge is 0.311 e. The molecule has 0 aliphatic rings. The van der Waals surface area contributed by atoms with Crippen molar-refractivity contribution in [2.24, 2.45) is 0 Å². The summed E-state index contributed by atoms with van der Waals surface area (Å²) >= 11 is 3.36. The third kappa shape index (κ3) is 3.94. The van der Waals surface area contributed by atoms with E-state index in [9.17, 15) is 9.90 Å². The average Bonchev–Trinajstić information content (AvgIpc) is 2.93. The molecule has 1 N–H and O–H groups in total. The molecule has 1 aromatic heterocycles. The van der Waals surface area contributed by atoms with E-state index >= 15 is 0 Å². The Labute approximate surface area is 132 Å². The fourth-order valence-corrected chi connectivity index (χ4v) is 2.44. The minimum absolute atomic E-state index is 0.328. The predicted octanol–water partition coefficient (Wildman–Crippen LogP) is 4.03. The second-order valence-electron chi connectivity index (χ2n) is 5.19. The molecule has 0 spiro atoms. The van der Waals surface area contributed by atoms with Crippen LogP contribution in [0.2, 0.25) is 0 Å². The number of nitrogens with zero attached hydrogens (tertiary/aromatic N) is 2. The van der Waals surface area contributed by atoms with Crippen molar-refractivity contribution < 1.29 is 9.90 Å². The van der Waals surface area contributed by atoms with Crippen LogP contribution in [0, 0.1) is 0 Å². The van der Waals surface area contributed by atoms with Gasteiger partial charge in [-0.15, -0.1) is 0 Å². The number of carboxylic acids is 1. The van der Waals surface area contributed by atoms with E-state index in [-0.39, 0.29) is 0 Å². The molecule has 112 valence electrons. The van der Waals surface area contributed by atoms with Crippen LogP contribution in [0.3, 0.4) is 0 Å². The lowest BCUT2D eigenvalue weighted by Gasteiger charge is -2.12. The van der Waals surface area contributed by atoms with Crippen LogP contribution in [-0.4, -0.2) is 20.9 Å². The summed E-state index contributed by atoms with van der Waals surface area (Å²) in [5, 5.41) is 14.0. The van der Waals surface area contributed by atoms with Crippen molar-refractivity contribution in [3.63, 3.8) is 0 Å². The normalized spacial score (nSPS) is 13.9. The van der Waals surface area contributed by atoms with Crippen molar-refractivity contribution in [1.82, 2.24) is 9.78 Å². The maximum absolute atomic E-state index is 11.5. The highest BCUT2D eigenvalue weighted by Gasteiger charge is 2.21. The molecule has 2 atom stereocenters. The van der Waals surface area contributed by atoms with Gasteiger partial charge in [0.25, 0.3) is 0 Å². The zero-order valence-corrected chi connectivity index (χ0v) is 13.7. The van der Waals surface area contributed by atoms with E-state index < -0.39 is 11.9 Å². The number of rotatable bonds is 6. The Bertz CT molecular complexity index is 607. The summed E-state index contributed by atoms with van der Waals surface area (Å²) in [5.41, 5.74) is 1.61. The zero-order valence-electron chi connectivity index (χ0n) is 12.2. The second-order valence-corrected chi connectivity index (χ2v) is 6.11. The monoisotopic (exact) mass is 350 g/mol.